The number of nitrogens with one attached hydrogen (secondary N) is 2. The average Bonchev–Trinajstić information content (AvgIpc) is 3.58. The molecule has 2 amide bonds. The van der Waals surface area contributed by atoms with Gasteiger partial charge in [0.2, 0.25) is 17.7 Å². The number of hydrogen-bond acceptors (Lipinski definition) is 7. The van der Waals surface area contributed by atoms with Gasteiger partial charge in [0.15, 0.2) is 11.5 Å². The molecule has 3 heterocycles. The molecule has 0 unspecified atom stereocenters. The highest BCUT2D eigenvalue weighted by Gasteiger charge is 2.30. The van der Waals surface area contributed by atoms with Crippen molar-refractivity contribution in [1.82, 2.24) is 24.4 Å². The van der Waals surface area contributed by atoms with Gasteiger partial charge < -0.3 is 20.1 Å². The number of ether oxygens (including phenoxy) is 2. The Morgan fingerprint density at radius 2 is 1.76 bits per heavy atom. The molecule has 38 heavy (non-hydrogen) atoms. The first-order chi connectivity index (χ1) is 18.6. The Morgan fingerprint density at radius 1 is 0.974 bits per heavy atom. The fourth-order valence-electron chi connectivity index (χ4n) is 3.92. The second kappa shape index (κ2) is 9.69. The van der Waals surface area contributed by atoms with Gasteiger partial charge in [0.25, 0.3) is 5.91 Å². The van der Waals surface area contributed by atoms with Crippen LogP contribution in [0.4, 0.5) is 11.5 Å². The van der Waals surface area contributed by atoms with Crippen molar-refractivity contribution >= 4 is 29.0 Å². The first-order valence-electron chi connectivity index (χ1n) is 12.0. The summed E-state index contributed by atoms with van der Waals surface area (Å²) < 4.78 is 14.5. The van der Waals surface area contributed by atoms with Crippen molar-refractivity contribution in [3.8, 4) is 23.2 Å². The third kappa shape index (κ3) is 4.76. The van der Waals surface area contributed by atoms with E-state index in [-0.39, 0.29) is 17.7 Å². The van der Waals surface area contributed by atoms with Gasteiger partial charge in [0.05, 0.1) is 25.2 Å². The van der Waals surface area contributed by atoms with Crippen LogP contribution in [0.25, 0.3) is 11.3 Å². The van der Waals surface area contributed by atoms with E-state index in [4.69, 9.17) is 9.47 Å². The van der Waals surface area contributed by atoms with E-state index in [1.807, 2.05) is 30.3 Å². The van der Waals surface area contributed by atoms with Crippen molar-refractivity contribution in [2.75, 3.05) is 17.7 Å². The molecule has 1 fully saturated rings. The zero-order valence-electron chi connectivity index (χ0n) is 20.4. The van der Waals surface area contributed by atoms with E-state index < -0.39 is 0 Å². The van der Waals surface area contributed by atoms with Crippen LogP contribution in [-0.4, -0.2) is 43.3 Å². The Balaban J connectivity index is 1.12. The summed E-state index contributed by atoms with van der Waals surface area (Å²) in [5.41, 5.74) is 2.26. The van der Waals surface area contributed by atoms with Gasteiger partial charge in [-0.1, -0.05) is 18.2 Å². The maximum Gasteiger partial charge on any atom is 0.262 e. The number of anilines is 2. The van der Waals surface area contributed by atoms with Gasteiger partial charge in [-0.3, -0.25) is 9.59 Å². The Kier molecular flexibility index (Phi) is 5.92. The number of benzene rings is 2. The zero-order chi connectivity index (χ0) is 26.1. The highest BCUT2D eigenvalue weighted by Crippen LogP contribution is 2.30. The molecule has 1 saturated carbocycles. The summed E-state index contributed by atoms with van der Waals surface area (Å²) in [7, 11) is 1.50. The molecule has 2 aromatic carbocycles. The Bertz CT molecular complexity index is 1620. The van der Waals surface area contributed by atoms with Crippen molar-refractivity contribution in [3.05, 3.63) is 84.7 Å². The lowest BCUT2D eigenvalue weighted by molar-refractivity contribution is -0.117. The van der Waals surface area contributed by atoms with Crippen LogP contribution in [0.3, 0.4) is 0 Å². The second-order valence-corrected chi connectivity index (χ2v) is 8.76. The van der Waals surface area contributed by atoms with Crippen LogP contribution in [0.2, 0.25) is 0 Å². The number of nitrogens with zero attached hydrogens (tertiary/aromatic N) is 5. The lowest BCUT2D eigenvalue weighted by Crippen LogP contribution is -2.13. The van der Waals surface area contributed by atoms with Crippen molar-refractivity contribution in [2.45, 2.75) is 12.8 Å². The molecule has 11 nitrogen and oxygen atoms in total. The summed E-state index contributed by atoms with van der Waals surface area (Å²) in [5.74, 6) is 1.41. The van der Waals surface area contributed by atoms with Crippen molar-refractivity contribution in [3.63, 3.8) is 0 Å². The number of carbonyl (C=O) groups is 2. The number of rotatable bonds is 8. The zero-order valence-corrected chi connectivity index (χ0v) is 20.4. The maximum atomic E-state index is 12.9. The molecule has 0 bridgehead atoms. The SMILES string of the molecule is COc1c(C(=O)Nc2ccc(Oc3ccc4nc(NC(=O)C5CC5)cn4n3)cc2)cnn1-c1ccccc1. The van der Waals surface area contributed by atoms with Crippen molar-refractivity contribution < 1.29 is 19.1 Å². The summed E-state index contributed by atoms with van der Waals surface area (Å²) in [6, 6.07) is 19.8. The van der Waals surface area contributed by atoms with Crippen LogP contribution in [-0.2, 0) is 4.79 Å². The van der Waals surface area contributed by atoms with Crippen molar-refractivity contribution in [1.29, 1.82) is 0 Å². The molecule has 0 aliphatic heterocycles. The number of amides is 2. The molecular weight excluding hydrogens is 486 g/mol. The number of fused-ring (bicyclic) bond motifs is 1. The summed E-state index contributed by atoms with van der Waals surface area (Å²) in [5, 5.41) is 14.4. The minimum absolute atomic E-state index is 0.0134. The molecule has 0 radical (unpaired) electrons. The number of carbonyl (C=O) groups excluding carboxylic acids is 2. The third-order valence-corrected chi connectivity index (χ3v) is 5.99. The van der Waals surface area contributed by atoms with E-state index in [1.165, 1.54) is 13.3 Å². The van der Waals surface area contributed by atoms with Crippen LogP contribution in [0.5, 0.6) is 17.5 Å². The third-order valence-electron chi connectivity index (χ3n) is 5.99. The number of aromatic nitrogens is 5. The topological polar surface area (TPSA) is 125 Å². The van der Waals surface area contributed by atoms with E-state index in [9.17, 15) is 9.59 Å². The maximum absolute atomic E-state index is 12.9. The molecule has 190 valence electrons. The summed E-state index contributed by atoms with van der Waals surface area (Å²) in [4.78, 5) is 29.3. The van der Waals surface area contributed by atoms with Gasteiger partial charge in [0.1, 0.15) is 11.3 Å². The van der Waals surface area contributed by atoms with Crippen LogP contribution >= 0.6 is 0 Å². The largest absolute Gasteiger partial charge is 0.480 e. The van der Waals surface area contributed by atoms with Gasteiger partial charge >= 0.3 is 0 Å². The van der Waals surface area contributed by atoms with Gasteiger partial charge in [-0.15, -0.1) is 5.10 Å². The van der Waals surface area contributed by atoms with Crippen LogP contribution in [0, 0.1) is 5.92 Å². The summed E-state index contributed by atoms with van der Waals surface area (Å²) in [6.07, 6.45) is 4.96. The first-order valence-corrected chi connectivity index (χ1v) is 12.0. The van der Waals surface area contributed by atoms with Crippen LogP contribution < -0.4 is 20.1 Å². The fourth-order valence-corrected chi connectivity index (χ4v) is 3.92. The smallest absolute Gasteiger partial charge is 0.262 e. The van der Waals surface area contributed by atoms with Crippen LogP contribution in [0.1, 0.15) is 23.2 Å². The Labute approximate surface area is 217 Å². The minimum Gasteiger partial charge on any atom is -0.480 e. The number of imidazole rings is 1. The molecule has 0 spiro atoms. The Hall–Kier alpha value is -5.19. The molecule has 0 atom stereocenters. The lowest BCUT2D eigenvalue weighted by Gasteiger charge is -2.09. The molecule has 1 aliphatic rings. The number of methoxy groups -OCH3 is 1. The predicted molar refractivity (Wildman–Crippen MR) is 139 cm³/mol. The van der Waals surface area contributed by atoms with Gasteiger partial charge in [-0.05, 0) is 55.3 Å². The molecule has 5 aromatic rings. The van der Waals surface area contributed by atoms with E-state index in [1.54, 1.807) is 51.8 Å². The minimum atomic E-state index is -0.352. The lowest BCUT2D eigenvalue weighted by atomic mass is 10.2. The Morgan fingerprint density at radius 3 is 2.50 bits per heavy atom. The second-order valence-electron chi connectivity index (χ2n) is 8.76. The van der Waals surface area contributed by atoms with E-state index in [2.05, 4.69) is 25.8 Å². The van der Waals surface area contributed by atoms with Gasteiger partial charge in [-0.25, -0.2) is 14.2 Å². The standard InChI is InChI=1S/C27H23N7O4/c1-37-27-21(15-28-34(27)19-5-3-2-4-6-19)26(36)29-18-9-11-20(12-10-18)38-24-14-13-23-30-22(16-33(23)32-24)31-25(35)17-7-8-17/h2-6,9-17H,7-8H2,1H3,(H,29,36)(H,31,35). The monoisotopic (exact) mass is 509 g/mol. The van der Waals surface area contributed by atoms with Crippen molar-refractivity contribution in [2.24, 2.45) is 5.92 Å². The highest BCUT2D eigenvalue weighted by atomic mass is 16.5. The molecule has 0 saturated heterocycles. The first kappa shape index (κ1) is 23.2. The highest BCUT2D eigenvalue weighted by molar-refractivity contribution is 6.05. The molecule has 2 N–H and O–H groups in total. The van der Waals surface area contributed by atoms with Gasteiger partial charge in [0, 0.05) is 17.7 Å². The summed E-state index contributed by atoms with van der Waals surface area (Å²) >= 11 is 0. The van der Waals surface area contributed by atoms with E-state index >= 15 is 0 Å². The summed E-state index contributed by atoms with van der Waals surface area (Å²) in [6.45, 7) is 0. The molecule has 6 rings (SSSR count). The van der Waals surface area contributed by atoms with Crippen LogP contribution in [0.15, 0.2) is 79.1 Å². The van der Waals surface area contributed by atoms with Gasteiger partial charge in [-0.2, -0.15) is 5.10 Å². The molecule has 1 aliphatic carbocycles. The van der Waals surface area contributed by atoms with E-state index in [0.717, 1.165) is 18.5 Å². The molecular formula is C27H23N7O4. The number of hydrogen-bond donors (Lipinski definition) is 2. The fraction of sp³-hybridized carbons (Fsp3) is 0.148. The van der Waals surface area contributed by atoms with E-state index in [0.29, 0.717) is 40.2 Å². The average molecular weight is 510 g/mol. The number of para-hydroxylation sites is 1. The molecule has 3 aromatic heterocycles. The molecule has 11 heteroatoms. The normalized spacial score (nSPS) is 12.8. The predicted octanol–water partition coefficient (Wildman–Crippen LogP) is 4.32. The quantitative estimate of drug-likeness (QED) is 0.319.